The van der Waals surface area contributed by atoms with Gasteiger partial charge in [-0.15, -0.1) is 13.2 Å². The molecule has 0 radical (unpaired) electrons. The van der Waals surface area contributed by atoms with Crippen molar-refractivity contribution >= 4 is 6.72 Å². The molecule has 126 valence electrons. The number of ether oxygens (including phenoxy) is 1. The third kappa shape index (κ3) is 4650. The number of methoxy groups -OCH3 is 1. The summed E-state index contributed by atoms with van der Waals surface area (Å²) < 4.78 is 4.25. The molecule has 0 saturated heterocycles. The van der Waals surface area contributed by atoms with Gasteiger partial charge in [-0.1, -0.05) is 11.6 Å². The molecule has 0 aliphatic heterocycles. The molecule has 0 fully saturated rings. The SMILES string of the molecule is C=C(C)C.C=CC.C=NC.CN(C)C.CNC.COC. The highest BCUT2D eigenvalue weighted by molar-refractivity contribution is 5.22. The van der Waals surface area contributed by atoms with Crippen molar-refractivity contribution < 1.29 is 4.74 Å². The predicted octanol–water partition coefficient (Wildman–Crippen LogP) is 3.37. The van der Waals surface area contributed by atoms with Crippen LogP contribution in [0.2, 0.25) is 0 Å². The van der Waals surface area contributed by atoms with Gasteiger partial charge in [-0.2, -0.15) is 0 Å². The van der Waals surface area contributed by atoms with Crippen molar-refractivity contribution in [2.75, 3.05) is 56.5 Å². The monoisotopic (exact) mass is 291 g/mol. The molecule has 0 rings (SSSR count). The lowest BCUT2D eigenvalue weighted by Crippen LogP contribution is -1.99. The van der Waals surface area contributed by atoms with Crippen LogP contribution in [-0.4, -0.2) is 68.1 Å². The number of hydrogen-bond donors (Lipinski definition) is 1. The van der Waals surface area contributed by atoms with E-state index in [0.29, 0.717) is 0 Å². The number of rotatable bonds is 0. The summed E-state index contributed by atoms with van der Waals surface area (Å²) in [7, 11) is 14.6. The number of nitrogens with one attached hydrogen (secondary N) is 1. The summed E-state index contributed by atoms with van der Waals surface area (Å²) in [6.07, 6.45) is 1.75. The maximum absolute atomic E-state index is 4.25. The Morgan fingerprint density at radius 3 is 1.15 bits per heavy atom. The summed E-state index contributed by atoms with van der Waals surface area (Å²) in [4.78, 5) is 5.25. The van der Waals surface area contributed by atoms with E-state index in [2.05, 4.69) is 34.9 Å². The molecule has 4 nitrogen and oxygen atoms in total. The van der Waals surface area contributed by atoms with E-state index >= 15 is 0 Å². The van der Waals surface area contributed by atoms with Crippen LogP contribution in [0.1, 0.15) is 20.8 Å². The standard InChI is InChI=1S/C4H8.C3H9N.C3H6.C2H7N.C2H5N.C2H6O/c2*1-4(2)3;4*1-3-2/h1H2,2-3H3;1-3H3;3H,1H2,2H3;3H,1-2H3;1H2,2H3;1-2H3. The zero-order valence-electron chi connectivity index (χ0n) is 16.0. The first-order valence-electron chi connectivity index (χ1n) is 6.26. The molecule has 0 unspecified atom stereocenters. The summed E-state index contributed by atoms with van der Waals surface area (Å²) in [6.45, 7) is 15.9. The van der Waals surface area contributed by atoms with E-state index in [1.165, 1.54) is 5.57 Å². The number of hydrogen-bond acceptors (Lipinski definition) is 4. The molecule has 0 bridgehead atoms. The number of aliphatic imine (C=N–C) groups is 1. The predicted molar refractivity (Wildman–Crippen MR) is 99.4 cm³/mol. The fraction of sp³-hybridized carbons (Fsp3) is 0.688. The molecule has 4 heteroatoms. The molecule has 0 atom stereocenters. The molecule has 0 aromatic carbocycles. The van der Waals surface area contributed by atoms with E-state index in [0.717, 1.165) is 0 Å². The van der Waals surface area contributed by atoms with Gasteiger partial charge in [0.05, 0.1) is 0 Å². The third-order valence-corrected chi connectivity index (χ3v) is 0. The first-order chi connectivity index (χ1) is 9.12. The number of allylic oxidation sites excluding steroid dienone is 2. The van der Waals surface area contributed by atoms with Gasteiger partial charge in [-0.3, -0.25) is 0 Å². The second-order valence-corrected chi connectivity index (χ2v) is 4.18. The van der Waals surface area contributed by atoms with E-state index < -0.39 is 0 Å². The van der Waals surface area contributed by atoms with Gasteiger partial charge in [-0.05, 0) is 62.7 Å². The van der Waals surface area contributed by atoms with Crippen LogP contribution in [0.15, 0.2) is 29.8 Å². The van der Waals surface area contributed by atoms with Crippen LogP contribution in [0.3, 0.4) is 0 Å². The van der Waals surface area contributed by atoms with Crippen molar-refractivity contribution in [3.63, 3.8) is 0 Å². The fourth-order valence-electron chi connectivity index (χ4n) is 0. The molecular weight excluding hydrogens is 250 g/mol. The normalized spacial score (nSPS) is 6.20. The van der Waals surface area contributed by atoms with Crippen molar-refractivity contribution in [2.45, 2.75) is 20.8 Å². The highest BCUT2D eigenvalue weighted by Crippen LogP contribution is 1.73. The lowest BCUT2D eigenvalue weighted by molar-refractivity contribution is 0.277. The lowest BCUT2D eigenvalue weighted by atomic mass is 10.4. The van der Waals surface area contributed by atoms with Crippen molar-refractivity contribution in [2.24, 2.45) is 4.99 Å². The van der Waals surface area contributed by atoms with Gasteiger partial charge in [0.1, 0.15) is 0 Å². The highest BCUT2D eigenvalue weighted by atomic mass is 16.4. The van der Waals surface area contributed by atoms with Crippen LogP contribution in [0.5, 0.6) is 0 Å². The van der Waals surface area contributed by atoms with Gasteiger partial charge >= 0.3 is 0 Å². The fourth-order valence-corrected chi connectivity index (χ4v) is 0. The Morgan fingerprint density at radius 2 is 1.15 bits per heavy atom. The summed E-state index contributed by atoms with van der Waals surface area (Å²) >= 11 is 0. The second kappa shape index (κ2) is 64.1. The van der Waals surface area contributed by atoms with Gasteiger partial charge in [-0.25, -0.2) is 0 Å². The van der Waals surface area contributed by atoms with Gasteiger partial charge in [0.25, 0.3) is 0 Å². The maximum atomic E-state index is 4.25. The van der Waals surface area contributed by atoms with E-state index in [1.54, 1.807) is 27.3 Å². The zero-order valence-corrected chi connectivity index (χ0v) is 16.0. The average molecular weight is 292 g/mol. The first-order valence-corrected chi connectivity index (χ1v) is 6.26. The Kier molecular flexibility index (Phi) is 117. The Labute approximate surface area is 129 Å². The topological polar surface area (TPSA) is 36.9 Å². The molecule has 0 saturated carbocycles. The molecule has 0 aromatic rings. The zero-order chi connectivity index (χ0) is 18.0. The summed E-state index contributed by atoms with van der Waals surface area (Å²) in [5.41, 5.74) is 1.17. The molecule has 1 N–H and O–H groups in total. The van der Waals surface area contributed by atoms with Gasteiger partial charge in [0.2, 0.25) is 0 Å². The average Bonchev–Trinajstić information content (AvgIpc) is 2.18. The van der Waals surface area contributed by atoms with E-state index in [9.17, 15) is 0 Å². The van der Waals surface area contributed by atoms with E-state index in [1.807, 2.05) is 60.9 Å². The maximum Gasteiger partial charge on any atom is 0.0351 e. The molecule has 0 heterocycles. The quantitative estimate of drug-likeness (QED) is 0.549. The second-order valence-electron chi connectivity index (χ2n) is 4.18. The van der Waals surface area contributed by atoms with Crippen LogP contribution in [0.25, 0.3) is 0 Å². The van der Waals surface area contributed by atoms with Crippen LogP contribution in [0, 0.1) is 0 Å². The Balaban J connectivity index is -0.0000000296. The molecule has 0 amide bonds. The molecule has 20 heavy (non-hydrogen) atoms. The molecule has 0 aromatic heterocycles. The Bertz CT molecular complexity index is 132. The van der Waals surface area contributed by atoms with Crippen molar-refractivity contribution in [3.05, 3.63) is 24.8 Å². The lowest BCUT2D eigenvalue weighted by Gasteiger charge is -1.90. The minimum Gasteiger partial charge on any atom is -0.388 e. The molecule has 0 aliphatic rings. The minimum atomic E-state index is 1.17. The summed E-state index contributed by atoms with van der Waals surface area (Å²) in [5, 5.41) is 2.75. The minimum absolute atomic E-state index is 1.17. The number of nitrogens with zero attached hydrogens (tertiary/aromatic N) is 2. The van der Waals surface area contributed by atoms with Crippen molar-refractivity contribution in [3.8, 4) is 0 Å². The van der Waals surface area contributed by atoms with Crippen LogP contribution in [-0.2, 0) is 4.74 Å². The Morgan fingerprint density at radius 1 is 1.15 bits per heavy atom. The van der Waals surface area contributed by atoms with Gasteiger partial charge < -0.3 is 19.9 Å². The summed E-state index contributed by atoms with van der Waals surface area (Å²) in [5.74, 6) is 0. The van der Waals surface area contributed by atoms with Crippen LogP contribution >= 0.6 is 0 Å². The van der Waals surface area contributed by atoms with E-state index in [4.69, 9.17) is 0 Å². The van der Waals surface area contributed by atoms with Crippen LogP contribution < -0.4 is 5.32 Å². The van der Waals surface area contributed by atoms with Crippen LogP contribution in [0.4, 0.5) is 0 Å². The summed E-state index contributed by atoms with van der Waals surface area (Å²) in [6, 6.07) is 0. The largest absolute Gasteiger partial charge is 0.388 e. The first kappa shape index (κ1) is 36.4. The van der Waals surface area contributed by atoms with E-state index in [-0.39, 0.29) is 0 Å². The molecule has 0 spiro atoms. The van der Waals surface area contributed by atoms with Gasteiger partial charge in [0.15, 0.2) is 0 Å². The van der Waals surface area contributed by atoms with Crippen molar-refractivity contribution in [1.82, 2.24) is 10.2 Å². The van der Waals surface area contributed by atoms with Crippen molar-refractivity contribution in [1.29, 1.82) is 0 Å². The third-order valence-electron chi connectivity index (χ3n) is 0. The smallest absolute Gasteiger partial charge is 0.0351 e. The van der Waals surface area contributed by atoms with Gasteiger partial charge in [0, 0.05) is 21.3 Å². The molecule has 0 aliphatic carbocycles. The highest BCUT2D eigenvalue weighted by Gasteiger charge is 1.58. The molecular formula is C16H41N3O. The Hall–Kier alpha value is -0.970.